The molecule has 1 aliphatic rings. The summed E-state index contributed by atoms with van der Waals surface area (Å²) in [5.74, 6) is 0.901. The topological polar surface area (TPSA) is 79.5 Å². The fourth-order valence-electron chi connectivity index (χ4n) is 2.43. The van der Waals surface area contributed by atoms with Crippen molar-refractivity contribution in [1.82, 2.24) is 10.6 Å². The lowest BCUT2D eigenvalue weighted by atomic mass is 10.0. The van der Waals surface area contributed by atoms with Gasteiger partial charge in [-0.25, -0.2) is 0 Å². The molecule has 0 saturated carbocycles. The van der Waals surface area contributed by atoms with Crippen LogP contribution < -0.4 is 20.7 Å². The highest BCUT2D eigenvalue weighted by Crippen LogP contribution is 2.26. The van der Waals surface area contributed by atoms with E-state index in [1.165, 1.54) is 0 Å². The molecule has 0 spiro atoms. The molecular formula is C17H26ClN3O3. The van der Waals surface area contributed by atoms with Gasteiger partial charge in [0.2, 0.25) is 11.8 Å². The molecule has 7 heteroatoms. The molecule has 0 saturated heterocycles. The highest BCUT2D eigenvalue weighted by atomic mass is 35.5. The zero-order chi connectivity index (χ0) is 16.5. The van der Waals surface area contributed by atoms with Crippen molar-refractivity contribution in [2.45, 2.75) is 32.6 Å². The second kappa shape index (κ2) is 10.9. The van der Waals surface area contributed by atoms with Crippen LogP contribution in [-0.4, -0.2) is 38.1 Å². The van der Waals surface area contributed by atoms with Crippen molar-refractivity contribution in [3.8, 4) is 5.75 Å². The van der Waals surface area contributed by atoms with Crippen LogP contribution in [0, 0.1) is 0 Å². The maximum Gasteiger partial charge on any atom is 0.224 e. The molecule has 0 fully saturated rings. The lowest BCUT2D eigenvalue weighted by Gasteiger charge is -2.17. The minimum Gasteiger partial charge on any atom is -0.494 e. The van der Waals surface area contributed by atoms with Crippen LogP contribution >= 0.6 is 12.4 Å². The van der Waals surface area contributed by atoms with Crippen LogP contribution in [0.25, 0.3) is 0 Å². The molecule has 0 atom stereocenters. The zero-order valence-electron chi connectivity index (χ0n) is 14.0. The van der Waals surface area contributed by atoms with Gasteiger partial charge >= 0.3 is 0 Å². The van der Waals surface area contributed by atoms with Gasteiger partial charge in [0.05, 0.1) is 6.61 Å². The van der Waals surface area contributed by atoms with Gasteiger partial charge in [-0.1, -0.05) is 6.92 Å². The Labute approximate surface area is 149 Å². The Kier molecular flexibility index (Phi) is 9.19. The molecule has 1 aromatic carbocycles. The van der Waals surface area contributed by atoms with Gasteiger partial charge in [-0.2, -0.15) is 0 Å². The van der Waals surface area contributed by atoms with E-state index in [0.717, 1.165) is 36.5 Å². The van der Waals surface area contributed by atoms with Gasteiger partial charge < -0.3 is 20.7 Å². The Balaban J connectivity index is 0.00000288. The molecule has 0 bridgehead atoms. The first-order valence-corrected chi connectivity index (χ1v) is 8.22. The number of aryl methyl sites for hydroxylation is 1. The van der Waals surface area contributed by atoms with Gasteiger partial charge in [-0.15, -0.1) is 12.4 Å². The molecule has 3 N–H and O–H groups in total. The molecule has 2 amide bonds. The molecule has 1 aromatic rings. The summed E-state index contributed by atoms with van der Waals surface area (Å²) in [6.07, 6.45) is 2.41. The van der Waals surface area contributed by atoms with Gasteiger partial charge in [0, 0.05) is 31.6 Å². The summed E-state index contributed by atoms with van der Waals surface area (Å²) in [5.41, 5.74) is 1.97. The van der Waals surface area contributed by atoms with E-state index in [1.807, 2.05) is 25.1 Å². The number of hydrogen-bond donors (Lipinski definition) is 3. The van der Waals surface area contributed by atoms with E-state index in [0.29, 0.717) is 32.4 Å². The maximum absolute atomic E-state index is 11.6. The zero-order valence-corrected chi connectivity index (χ0v) is 14.8. The molecule has 2 rings (SSSR count). The van der Waals surface area contributed by atoms with Crippen molar-refractivity contribution >= 4 is 29.9 Å². The summed E-state index contributed by atoms with van der Waals surface area (Å²) in [4.78, 5) is 22.9. The third kappa shape index (κ3) is 6.76. The number of nitrogens with one attached hydrogen (secondary N) is 3. The van der Waals surface area contributed by atoms with Crippen molar-refractivity contribution in [2.75, 3.05) is 31.6 Å². The number of anilines is 1. The number of hydrogen-bond acceptors (Lipinski definition) is 4. The molecule has 0 unspecified atom stereocenters. The Morgan fingerprint density at radius 1 is 1.29 bits per heavy atom. The summed E-state index contributed by atoms with van der Waals surface area (Å²) in [7, 11) is 0. The number of halogens is 1. The van der Waals surface area contributed by atoms with Crippen LogP contribution in [0.3, 0.4) is 0 Å². The normalized spacial score (nSPS) is 12.6. The van der Waals surface area contributed by atoms with Gasteiger partial charge in [-0.05, 0) is 43.1 Å². The van der Waals surface area contributed by atoms with E-state index < -0.39 is 0 Å². The standard InChI is InChI=1S/C17H25N3O3.ClH/c1-2-18-9-10-19-16(21)4-3-11-23-14-6-7-15-13(12-14)5-8-17(22)20-15;/h6-7,12,18H,2-5,8-11H2,1H3,(H,19,21)(H,20,22);1H. The Morgan fingerprint density at radius 2 is 2.12 bits per heavy atom. The highest BCUT2D eigenvalue weighted by molar-refractivity contribution is 5.94. The minimum absolute atomic E-state index is 0. The van der Waals surface area contributed by atoms with Crippen LogP contribution in [0.15, 0.2) is 18.2 Å². The molecular weight excluding hydrogens is 330 g/mol. The molecule has 6 nitrogen and oxygen atoms in total. The fourth-order valence-corrected chi connectivity index (χ4v) is 2.43. The van der Waals surface area contributed by atoms with Crippen molar-refractivity contribution in [3.63, 3.8) is 0 Å². The third-order valence-electron chi connectivity index (χ3n) is 3.66. The average molecular weight is 356 g/mol. The molecule has 0 aliphatic carbocycles. The number of carbonyl (C=O) groups excluding carboxylic acids is 2. The van der Waals surface area contributed by atoms with E-state index in [2.05, 4.69) is 16.0 Å². The monoisotopic (exact) mass is 355 g/mol. The second-order valence-corrected chi connectivity index (χ2v) is 5.52. The smallest absolute Gasteiger partial charge is 0.224 e. The number of rotatable bonds is 9. The number of carbonyl (C=O) groups is 2. The SMILES string of the molecule is CCNCCNC(=O)CCCOc1ccc2c(c1)CCC(=O)N2.Cl. The van der Waals surface area contributed by atoms with Crippen LogP contribution in [0.5, 0.6) is 5.75 Å². The van der Waals surface area contributed by atoms with Crippen molar-refractivity contribution < 1.29 is 14.3 Å². The van der Waals surface area contributed by atoms with E-state index >= 15 is 0 Å². The van der Waals surface area contributed by atoms with Crippen LogP contribution in [0.4, 0.5) is 5.69 Å². The highest BCUT2D eigenvalue weighted by Gasteiger charge is 2.14. The number of ether oxygens (including phenoxy) is 1. The average Bonchev–Trinajstić information content (AvgIpc) is 2.55. The number of likely N-dealkylation sites (N-methyl/N-ethyl adjacent to an activating group) is 1. The number of fused-ring (bicyclic) bond motifs is 1. The second-order valence-electron chi connectivity index (χ2n) is 5.52. The summed E-state index contributed by atoms with van der Waals surface area (Å²) >= 11 is 0. The van der Waals surface area contributed by atoms with Crippen LogP contribution in [-0.2, 0) is 16.0 Å². The lowest BCUT2D eigenvalue weighted by Crippen LogP contribution is -2.31. The van der Waals surface area contributed by atoms with Crippen LogP contribution in [0.2, 0.25) is 0 Å². The summed E-state index contributed by atoms with van der Waals surface area (Å²) < 4.78 is 5.69. The molecule has 0 aromatic heterocycles. The van der Waals surface area contributed by atoms with Gasteiger partial charge in [-0.3, -0.25) is 9.59 Å². The summed E-state index contributed by atoms with van der Waals surface area (Å²) in [6.45, 7) is 4.90. The third-order valence-corrected chi connectivity index (χ3v) is 3.66. The maximum atomic E-state index is 11.6. The first-order chi connectivity index (χ1) is 11.2. The lowest BCUT2D eigenvalue weighted by molar-refractivity contribution is -0.121. The van der Waals surface area contributed by atoms with E-state index in [4.69, 9.17) is 4.74 Å². The van der Waals surface area contributed by atoms with Gasteiger partial charge in [0.15, 0.2) is 0 Å². The van der Waals surface area contributed by atoms with Crippen molar-refractivity contribution in [2.24, 2.45) is 0 Å². The molecule has 134 valence electrons. The van der Waals surface area contributed by atoms with E-state index in [9.17, 15) is 9.59 Å². The molecule has 0 radical (unpaired) electrons. The first kappa shape index (κ1) is 20.3. The number of amides is 2. The van der Waals surface area contributed by atoms with Crippen LogP contribution in [0.1, 0.15) is 31.7 Å². The molecule has 1 aliphatic heterocycles. The number of benzene rings is 1. The molecule has 24 heavy (non-hydrogen) atoms. The quantitative estimate of drug-likeness (QED) is 0.591. The minimum atomic E-state index is 0. The van der Waals surface area contributed by atoms with E-state index in [1.54, 1.807) is 0 Å². The Hall–Kier alpha value is -1.79. The van der Waals surface area contributed by atoms with Gasteiger partial charge in [0.25, 0.3) is 0 Å². The Bertz CT molecular complexity index is 552. The summed E-state index contributed by atoms with van der Waals surface area (Å²) in [5, 5.41) is 8.86. The predicted octanol–water partition coefficient (Wildman–Crippen LogP) is 1.88. The van der Waals surface area contributed by atoms with Crippen molar-refractivity contribution in [1.29, 1.82) is 0 Å². The first-order valence-electron chi connectivity index (χ1n) is 8.22. The predicted molar refractivity (Wildman–Crippen MR) is 96.9 cm³/mol. The van der Waals surface area contributed by atoms with Gasteiger partial charge in [0.1, 0.15) is 5.75 Å². The fraction of sp³-hybridized carbons (Fsp3) is 0.529. The Morgan fingerprint density at radius 3 is 2.92 bits per heavy atom. The van der Waals surface area contributed by atoms with E-state index in [-0.39, 0.29) is 24.2 Å². The largest absolute Gasteiger partial charge is 0.494 e. The molecule has 1 heterocycles. The summed E-state index contributed by atoms with van der Waals surface area (Å²) in [6, 6.07) is 5.68. The van der Waals surface area contributed by atoms with Crippen molar-refractivity contribution in [3.05, 3.63) is 23.8 Å².